The van der Waals surface area contributed by atoms with Crippen molar-refractivity contribution in [1.82, 2.24) is 19.1 Å². The van der Waals surface area contributed by atoms with Crippen molar-refractivity contribution in [3.8, 4) is 11.4 Å². The molecule has 0 saturated carbocycles. The SMILES string of the molecule is Cc1ccccc1-c1nc(SCCO)c2c(=O)n(C)c(=O)n(C)c2n1. The summed E-state index contributed by atoms with van der Waals surface area (Å²) in [4.78, 5) is 33.9. The monoisotopic (exact) mass is 358 g/mol. The summed E-state index contributed by atoms with van der Waals surface area (Å²) >= 11 is 1.27. The molecule has 7 nitrogen and oxygen atoms in total. The Morgan fingerprint density at radius 1 is 1.12 bits per heavy atom. The predicted molar refractivity (Wildman–Crippen MR) is 98.0 cm³/mol. The maximum atomic E-state index is 12.6. The summed E-state index contributed by atoms with van der Waals surface area (Å²) in [5, 5.41) is 9.91. The molecule has 0 spiro atoms. The second-order valence-electron chi connectivity index (χ2n) is 5.64. The average Bonchev–Trinajstić information content (AvgIpc) is 2.62. The zero-order valence-electron chi connectivity index (χ0n) is 14.2. The highest BCUT2D eigenvalue weighted by Gasteiger charge is 2.18. The van der Waals surface area contributed by atoms with Gasteiger partial charge in [0, 0.05) is 25.4 Å². The summed E-state index contributed by atoms with van der Waals surface area (Å²) in [6.45, 7) is 1.91. The van der Waals surface area contributed by atoms with Gasteiger partial charge in [0.25, 0.3) is 5.56 Å². The predicted octanol–water partition coefficient (Wildman–Crippen LogP) is 1.09. The molecule has 0 fully saturated rings. The number of hydrogen-bond acceptors (Lipinski definition) is 6. The molecule has 0 radical (unpaired) electrons. The molecule has 0 unspecified atom stereocenters. The van der Waals surface area contributed by atoms with Crippen molar-refractivity contribution in [3.05, 3.63) is 50.7 Å². The molecule has 0 amide bonds. The average molecular weight is 358 g/mol. The molecule has 1 aromatic carbocycles. The van der Waals surface area contributed by atoms with Crippen LogP contribution in [-0.4, -0.2) is 36.6 Å². The highest BCUT2D eigenvalue weighted by molar-refractivity contribution is 7.99. The molecular formula is C17H18N4O3S. The van der Waals surface area contributed by atoms with Crippen LogP contribution in [0.4, 0.5) is 0 Å². The zero-order valence-corrected chi connectivity index (χ0v) is 15.0. The number of benzene rings is 1. The number of rotatable bonds is 4. The Bertz CT molecular complexity index is 1070. The van der Waals surface area contributed by atoms with Crippen molar-refractivity contribution in [2.24, 2.45) is 14.1 Å². The molecule has 3 aromatic rings. The lowest BCUT2D eigenvalue weighted by molar-refractivity contribution is 0.322. The lowest BCUT2D eigenvalue weighted by atomic mass is 10.1. The molecule has 1 N–H and O–H groups in total. The number of aliphatic hydroxyl groups excluding tert-OH is 1. The van der Waals surface area contributed by atoms with E-state index in [1.165, 1.54) is 23.4 Å². The van der Waals surface area contributed by atoms with Gasteiger partial charge in [-0.15, -0.1) is 11.8 Å². The van der Waals surface area contributed by atoms with E-state index in [-0.39, 0.29) is 6.61 Å². The fourth-order valence-corrected chi connectivity index (χ4v) is 3.38. The van der Waals surface area contributed by atoms with Gasteiger partial charge in [-0.1, -0.05) is 24.3 Å². The molecule has 130 valence electrons. The fourth-order valence-electron chi connectivity index (χ4n) is 2.62. The van der Waals surface area contributed by atoms with E-state index in [0.29, 0.717) is 27.6 Å². The van der Waals surface area contributed by atoms with E-state index in [9.17, 15) is 9.59 Å². The van der Waals surface area contributed by atoms with Crippen molar-refractivity contribution in [2.45, 2.75) is 11.9 Å². The van der Waals surface area contributed by atoms with Crippen molar-refractivity contribution < 1.29 is 5.11 Å². The fraction of sp³-hybridized carbons (Fsp3) is 0.294. The number of thioether (sulfide) groups is 1. The molecule has 0 atom stereocenters. The quantitative estimate of drug-likeness (QED) is 0.555. The van der Waals surface area contributed by atoms with Gasteiger partial charge in [-0.25, -0.2) is 14.8 Å². The van der Waals surface area contributed by atoms with E-state index in [4.69, 9.17) is 5.11 Å². The van der Waals surface area contributed by atoms with Gasteiger partial charge in [-0.2, -0.15) is 0 Å². The third kappa shape index (κ3) is 2.98. The van der Waals surface area contributed by atoms with Gasteiger partial charge in [0.15, 0.2) is 11.5 Å². The first kappa shape index (κ1) is 17.4. The van der Waals surface area contributed by atoms with E-state index in [1.54, 1.807) is 7.05 Å². The molecule has 2 aromatic heterocycles. The van der Waals surface area contributed by atoms with Crippen LogP contribution in [0.5, 0.6) is 0 Å². The molecule has 25 heavy (non-hydrogen) atoms. The first-order chi connectivity index (χ1) is 12.0. The van der Waals surface area contributed by atoms with Crippen LogP contribution in [0.2, 0.25) is 0 Å². The zero-order chi connectivity index (χ0) is 18.1. The van der Waals surface area contributed by atoms with E-state index in [1.807, 2.05) is 31.2 Å². The normalized spacial score (nSPS) is 11.2. The minimum absolute atomic E-state index is 0.0397. The summed E-state index contributed by atoms with van der Waals surface area (Å²) < 4.78 is 2.39. The number of aliphatic hydroxyl groups is 1. The van der Waals surface area contributed by atoms with Gasteiger partial charge in [0.1, 0.15) is 10.4 Å². The molecule has 0 bridgehead atoms. The Balaban J connectivity index is 2.42. The summed E-state index contributed by atoms with van der Waals surface area (Å²) in [5.74, 6) is 0.847. The van der Waals surface area contributed by atoms with Crippen LogP contribution in [0, 0.1) is 6.92 Å². The van der Waals surface area contributed by atoms with Crippen LogP contribution in [-0.2, 0) is 14.1 Å². The topological polar surface area (TPSA) is 90.0 Å². The summed E-state index contributed by atoms with van der Waals surface area (Å²) in [7, 11) is 3.01. The molecule has 8 heteroatoms. The number of hydrogen-bond donors (Lipinski definition) is 1. The highest BCUT2D eigenvalue weighted by atomic mass is 32.2. The van der Waals surface area contributed by atoms with E-state index >= 15 is 0 Å². The smallest absolute Gasteiger partial charge is 0.332 e. The van der Waals surface area contributed by atoms with Crippen molar-refractivity contribution >= 4 is 22.8 Å². The third-order valence-corrected chi connectivity index (χ3v) is 4.94. The van der Waals surface area contributed by atoms with Gasteiger partial charge in [0.05, 0.1) is 6.61 Å². The number of aryl methyl sites for hydroxylation is 2. The Morgan fingerprint density at radius 2 is 1.84 bits per heavy atom. The maximum Gasteiger partial charge on any atom is 0.332 e. The molecule has 0 saturated heterocycles. The lowest BCUT2D eigenvalue weighted by Gasteiger charge is -2.12. The standard InChI is InChI=1S/C17H18N4O3S/c1-10-6-4-5-7-11(10)13-18-14-12(15(19-13)25-9-8-22)16(23)21(3)17(24)20(14)2/h4-7,22H,8-9H2,1-3H3. The van der Waals surface area contributed by atoms with Gasteiger partial charge in [0.2, 0.25) is 0 Å². The number of nitrogens with zero attached hydrogens (tertiary/aromatic N) is 4. The highest BCUT2D eigenvalue weighted by Crippen LogP contribution is 2.27. The molecule has 0 aliphatic heterocycles. The largest absolute Gasteiger partial charge is 0.396 e. The Morgan fingerprint density at radius 3 is 2.52 bits per heavy atom. The Kier molecular flexibility index (Phi) is 4.73. The maximum absolute atomic E-state index is 12.6. The van der Waals surface area contributed by atoms with Crippen LogP contribution < -0.4 is 11.2 Å². The van der Waals surface area contributed by atoms with Gasteiger partial charge in [-0.3, -0.25) is 13.9 Å². The minimum Gasteiger partial charge on any atom is -0.396 e. The lowest BCUT2D eigenvalue weighted by Crippen LogP contribution is -2.37. The molecule has 0 aliphatic rings. The van der Waals surface area contributed by atoms with E-state index < -0.39 is 11.2 Å². The molecule has 2 heterocycles. The Labute approximate surface area is 148 Å². The van der Waals surface area contributed by atoms with Gasteiger partial charge in [-0.05, 0) is 12.5 Å². The molecule has 3 rings (SSSR count). The van der Waals surface area contributed by atoms with Crippen LogP contribution in [0.1, 0.15) is 5.56 Å². The minimum atomic E-state index is -0.440. The second-order valence-corrected chi connectivity index (χ2v) is 6.73. The third-order valence-electron chi connectivity index (χ3n) is 3.98. The van der Waals surface area contributed by atoms with E-state index in [0.717, 1.165) is 15.7 Å². The first-order valence-corrected chi connectivity index (χ1v) is 8.71. The molecule has 0 aliphatic carbocycles. The van der Waals surface area contributed by atoms with Crippen LogP contribution >= 0.6 is 11.8 Å². The van der Waals surface area contributed by atoms with Crippen LogP contribution in [0.25, 0.3) is 22.4 Å². The van der Waals surface area contributed by atoms with Crippen molar-refractivity contribution in [1.29, 1.82) is 0 Å². The first-order valence-electron chi connectivity index (χ1n) is 7.73. The summed E-state index contributed by atoms with van der Waals surface area (Å²) in [6.07, 6.45) is 0. The van der Waals surface area contributed by atoms with Crippen molar-refractivity contribution in [2.75, 3.05) is 12.4 Å². The number of fused-ring (bicyclic) bond motifs is 1. The van der Waals surface area contributed by atoms with E-state index in [2.05, 4.69) is 9.97 Å². The number of aromatic nitrogens is 4. The molecular weight excluding hydrogens is 340 g/mol. The van der Waals surface area contributed by atoms with Crippen LogP contribution in [0.3, 0.4) is 0 Å². The van der Waals surface area contributed by atoms with Crippen molar-refractivity contribution in [3.63, 3.8) is 0 Å². The second kappa shape index (κ2) is 6.81. The van der Waals surface area contributed by atoms with Gasteiger partial charge < -0.3 is 5.11 Å². The van der Waals surface area contributed by atoms with Gasteiger partial charge >= 0.3 is 5.69 Å². The Hall–Kier alpha value is -2.45. The van der Waals surface area contributed by atoms with Crippen LogP contribution in [0.15, 0.2) is 38.9 Å². The summed E-state index contributed by atoms with van der Waals surface area (Å²) in [5.41, 5.74) is 1.25. The summed E-state index contributed by atoms with van der Waals surface area (Å²) in [6, 6.07) is 7.66.